The van der Waals surface area contributed by atoms with Crippen LogP contribution in [0.25, 0.3) is 20.4 Å². The predicted molar refractivity (Wildman–Crippen MR) is 181 cm³/mol. The number of rotatable bonds is 15. The molecular formula is C32H36Cl2N4O6S2. The van der Waals surface area contributed by atoms with Gasteiger partial charge in [0, 0.05) is 12.8 Å². The summed E-state index contributed by atoms with van der Waals surface area (Å²) in [6.07, 6.45) is 5.54. The average Bonchev–Trinajstić information content (AvgIpc) is 3.53. The van der Waals surface area contributed by atoms with Crippen LogP contribution < -0.4 is 9.60 Å². The number of para-hydroxylation sites is 2. The molecule has 2 amide bonds. The number of carbonyl (C=O) groups excluding carboxylic acids is 4. The molecule has 0 saturated carbocycles. The van der Waals surface area contributed by atoms with Crippen LogP contribution in [0.1, 0.15) is 65.2 Å². The van der Waals surface area contributed by atoms with Crippen molar-refractivity contribution in [1.82, 2.24) is 9.13 Å². The number of carbonyl (C=O) groups is 4. The number of hydrogen-bond acceptors (Lipinski definition) is 8. The van der Waals surface area contributed by atoms with E-state index in [1.165, 1.54) is 22.7 Å². The lowest BCUT2D eigenvalue weighted by Crippen LogP contribution is -2.23. The molecule has 46 heavy (non-hydrogen) atoms. The summed E-state index contributed by atoms with van der Waals surface area (Å²) in [7, 11) is 0. The molecule has 14 heteroatoms. The first-order chi connectivity index (χ1) is 22.2. The second-order valence-electron chi connectivity index (χ2n) is 10.4. The molecule has 0 aliphatic rings. The molecule has 0 radical (unpaired) electrons. The van der Waals surface area contributed by atoms with E-state index < -0.39 is 11.9 Å². The number of thiazole rings is 2. The molecule has 4 aromatic rings. The predicted octanol–water partition coefficient (Wildman–Crippen LogP) is 6.83. The molecule has 0 fully saturated rings. The van der Waals surface area contributed by atoms with Crippen LogP contribution in [0.2, 0.25) is 10.0 Å². The summed E-state index contributed by atoms with van der Waals surface area (Å²) < 4.78 is 15.1. The Labute approximate surface area is 284 Å². The summed E-state index contributed by atoms with van der Waals surface area (Å²) in [4.78, 5) is 59.2. The maximum absolute atomic E-state index is 12.7. The summed E-state index contributed by atoms with van der Waals surface area (Å²) >= 11 is 15.4. The number of aromatic nitrogens is 2. The van der Waals surface area contributed by atoms with E-state index >= 15 is 0 Å². The number of fused-ring (bicyclic) bond motifs is 2. The minimum Gasteiger partial charge on any atom is -0.465 e. The van der Waals surface area contributed by atoms with Crippen molar-refractivity contribution < 1.29 is 28.7 Å². The molecule has 0 N–H and O–H groups in total. The number of ether oxygens (including phenoxy) is 2. The van der Waals surface area contributed by atoms with Crippen LogP contribution in [-0.4, -0.2) is 46.1 Å². The van der Waals surface area contributed by atoms with Crippen molar-refractivity contribution in [2.45, 2.75) is 78.3 Å². The smallest absolute Gasteiger partial charge is 0.326 e. The van der Waals surface area contributed by atoms with Crippen molar-refractivity contribution in [3.63, 3.8) is 0 Å². The second-order valence-corrected chi connectivity index (χ2v) is 13.2. The van der Waals surface area contributed by atoms with Gasteiger partial charge in [-0.15, -0.1) is 0 Å². The average molecular weight is 708 g/mol. The minimum absolute atomic E-state index is 0.0779. The number of amides is 2. The second kappa shape index (κ2) is 17.6. The van der Waals surface area contributed by atoms with E-state index in [1.807, 2.05) is 24.3 Å². The minimum atomic E-state index is -0.422. The lowest BCUT2D eigenvalue weighted by atomic mass is 10.1. The zero-order chi connectivity index (χ0) is 33.1. The van der Waals surface area contributed by atoms with E-state index in [4.69, 9.17) is 32.7 Å². The number of esters is 2. The van der Waals surface area contributed by atoms with Gasteiger partial charge in [0.15, 0.2) is 9.60 Å². The van der Waals surface area contributed by atoms with Crippen LogP contribution in [0.4, 0.5) is 0 Å². The van der Waals surface area contributed by atoms with Gasteiger partial charge in [-0.05, 0) is 51.0 Å². The lowest BCUT2D eigenvalue weighted by molar-refractivity contribution is -0.144. The van der Waals surface area contributed by atoms with Crippen molar-refractivity contribution in [2.75, 3.05) is 13.2 Å². The molecule has 0 unspecified atom stereocenters. The Kier molecular flexibility index (Phi) is 13.6. The van der Waals surface area contributed by atoms with Crippen LogP contribution >= 0.6 is 45.9 Å². The third-order valence-electron chi connectivity index (χ3n) is 6.96. The molecule has 10 nitrogen and oxygen atoms in total. The first-order valence-electron chi connectivity index (χ1n) is 15.2. The molecule has 0 saturated heterocycles. The van der Waals surface area contributed by atoms with Crippen LogP contribution in [0.15, 0.2) is 46.4 Å². The highest BCUT2D eigenvalue weighted by atomic mass is 35.5. The molecule has 2 aromatic carbocycles. The van der Waals surface area contributed by atoms with Gasteiger partial charge in [0.05, 0.1) is 43.7 Å². The van der Waals surface area contributed by atoms with Crippen molar-refractivity contribution in [3.05, 3.63) is 56.0 Å². The van der Waals surface area contributed by atoms with Crippen LogP contribution in [0.5, 0.6) is 0 Å². The zero-order valence-electron chi connectivity index (χ0n) is 25.8. The Morgan fingerprint density at radius 3 is 1.43 bits per heavy atom. The quantitative estimate of drug-likeness (QED) is 0.0987. The van der Waals surface area contributed by atoms with Gasteiger partial charge in [-0.25, -0.2) is 0 Å². The van der Waals surface area contributed by atoms with Gasteiger partial charge in [-0.3, -0.25) is 19.2 Å². The summed E-state index contributed by atoms with van der Waals surface area (Å²) in [5.74, 6) is -1.35. The molecular weight excluding hydrogens is 671 g/mol. The number of unbranched alkanes of at least 4 members (excludes halogenated alkanes) is 5. The normalized spacial score (nSPS) is 12.3. The zero-order valence-corrected chi connectivity index (χ0v) is 28.9. The highest BCUT2D eigenvalue weighted by Gasteiger charge is 2.16. The summed E-state index contributed by atoms with van der Waals surface area (Å²) in [6.45, 7) is 3.83. The van der Waals surface area contributed by atoms with E-state index in [2.05, 4.69) is 9.98 Å². The van der Waals surface area contributed by atoms with Gasteiger partial charge in [-0.1, -0.05) is 83.7 Å². The molecule has 2 aromatic heterocycles. The van der Waals surface area contributed by atoms with Crippen LogP contribution in [0.3, 0.4) is 0 Å². The standard InChI is InChI=1S/C32H36Cl2N4O6S2/c1-3-43-27(41)19-37-29-21(33)13-11-15-23(29)45-31(37)35-25(39)17-9-7-5-6-8-10-18-26(40)36-32-38(20-28(42)44-4-2)30-22(34)14-12-16-24(30)46-32/h11-16H,3-10,17-20H2,1-2H3. The van der Waals surface area contributed by atoms with E-state index in [9.17, 15) is 19.2 Å². The van der Waals surface area contributed by atoms with Gasteiger partial charge in [0.1, 0.15) is 13.1 Å². The Morgan fingerprint density at radius 2 is 1.04 bits per heavy atom. The van der Waals surface area contributed by atoms with E-state index in [1.54, 1.807) is 35.1 Å². The highest BCUT2D eigenvalue weighted by molar-refractivity contribution is 7.16. The summed E-state index contributed by atoms with van der Waals surface area (Å²) in [6, 6.07) is 10.9. The van der Waals surface area contributed by atoms with Crippen molar-refractivity contribution in [2.24, 2.45) is 9.98 Å². The fourth-order valence-corrected chi connectivity index (χ4v) is 7.71. The van der Waals surface area contributed by atoms with E-state index in [-0.39, 0.29) is 38.1 Å². The Hall–Kier alpha value is -3.32. The number of benzene rings is 2. The first kappa shape index (κ1) is 35.5. The topological polar surface area (TPSA) is 121 Å². The molecule has 0 spiro atoms. The van der Waals surface area contributed by atoms with Crippen molar-refractivity contribution in [3.8, 4) is 0 Å². The van der Waals surface area contributed by atoms with Crippen molar-refractivity contribution >= 4 is 90.1 Å². The van der Waals surface area contributed by atoms with Crippen LogP contribution in [-0.2, 0) is 41.7 Å². The monoisotopic (exact) mass is 706 g/mol. The molecule has 2 heterocycles. The van der Waals surface area contributed by atoms with Gasteiger partial charge in [0.25, 0.3) is 0 Å². The third-order valence-corrected chi connectivity index (χ3v) is 9.66. The molecule has 0 aliphatic carbocycles. The molecule has 246 valence electrons. The van der Waals surface area contributed by atoms with Crippen molar-refractivity contribution in [1.29, 1.82) is 0 Å². The Morgan fingerprint density at radius 1 is 0.652 bits per heavy atom. The van der Waals surface area contributed by atoms with E-state index in [0.717, 1.165) is 35.1 Å². The fourth-order valence-electron chi connectivity index (χ4n) is 4.89. The molecule has 0 aliphatic heterocycles. The maximum Gasteiger partial charge on any atom is 0.326 e. The Balaban J connectivity index is 1.25. The molecule has 0 atom stereocenters. The number of hydrogen-bond donors (Lipinski definition) is 0. The van der Waals surface area contributed by atoms with Gasteiger partial charge in [0.2, 0.25) is 11.8 Å². The van der Waals surface area contributed by atoms with Gasteiger partial charge >= 0.3 is 11.9 Å². The SMILES string of the molecule is CCOC(=O)Cn1c(=NC(=O)CCCCCCCCC(=O)N=c2sc3cccc(Cl)c3n2CC(=O)OCC)sc2cccc(Cl)c21. The first-order valence-corrected chi connectivity index (χ1v) is 17.6. The summed E-state index contributed by atoms with van der Waals surface area (Å²) in [5, 5.41) is 0.954. The highest BCUT2D eigenvalue weighted by Crippen LogP contribution is 2.26. The molecule has 4 rings (SSSR count). The Bertz CT molecular complexity index is 1720. The van der Waals surface area contributed by atoms with Gasteiger partial charge in [-0.2, -0.15) is 9.98 Å². The third kappa shape index (κ3) is 9.60. The molecule has 0 bridgehead atoms. The number of halogens is 2. The maximum atomic E-state index is 12.7. The largest absolute Gasteiger partial charge is 0.465 e. The fraction of sp³-hybridized carbons (Fsp3) is 0.438. The van der Waals surface area contributed by atoms with E-state index in [0.29, 0.717) is 56.4 Å². The lowest BCUT2D eigenvalue weighted by Gasteiger charge is -2.06. The van der Waals surface area contributed by atoms with Gasteiger partial charge < -0.3 is 18.6 Å². The van der Waals surface area contributed by atoms with Crippen LogP contribution in [0, 0.1) is 0 Å². The number of nitrogens with zero attached hydrogens (tertiary/aromatic N) is 4. The summed E-state index contributed by atoms with van der Waals surface area (Å²) in [5.41, 5.74) is 1.31.